The highest BCUT2D eigenvalue weighted by atomic mass is 35.9. The van der Waals surface area contributed by atoms with Crippen LogP contribution in [0.3, 0.4) is 0 Å². The van der Waals surface area contributed by atoms with Crippen molar-refractivity contribution in [1.82, 2.24) is 28.0 Å². The zero-order valence-electron chi connectivity index (χ0n) is 26.2. The average Bonchev–Trinajstić information content (AvgIpc) is 2.87. The van der Waals surface area contributed by atoms with Gasteiger partial charge in [-0.25, -0.2) is 28.0 Å². The Morgan fingerprint density at radius 3 is 0.622 bits per heavy atom. The Bertz CT molecular complexity index is 583. The van der Waals surface area contributed by atoms with Crippen LogP contribution in [0.2, 0.25) is 0 Å². The van der Waals surface area contributed by atoms with Crippen molar-refractivity contribution in [3.63, 3.8) is 0 Å². The monoisotopic (exact) mass is 623 g/mol. The van der Waals surface area contributed by atoms with Gasteiger partial charge in [-0.1, -0.05) is 83.1 Å². The first-order chi connectivity index (χ1) is 17.5. The first kappa shape index (κ1) is 38.2. The SMILES string of the molecule is CCN(CC)P(=N[P+](Cl)(Cl)N=P(N(CC)CC)(N(CC)CC)N(CC)CC)(N(CC)CC)N(CC)CC. The Kier molecular flexibility index (Phi) is 19.2. The van der Waals surface area contributed by atoms with Crippen LogP contribution >= 0.6 is 43.8 Å². The summed E-state index contributed by atoms with van der Waals surface area (Å²) >= 11 is 15.0. The number of halogens is 2. The highest BCUT2D eigenvalue weighted by molar-refractivity contribution is 8.18. The van der Waals surface area contributed by atoms with Crippen LogP contribution in [-0.2, 0) is 0 Å². The van der Waals surface area contributed by atoms with Gasteiger partial charge in [-0.3, -0.25) is 0 Å². The molecule has 0 atom stereocenters. The predicted molar refractivity (Wildman–Crippen MR) is 175 cm³/mol. The van der Waals surface area contributed by atoms with Gasteiger partial charge in [0.15, 0.2) is 22.5 Å². The van der Waals surface area contributed by atoms with Gasteiger partial charge in [0.1, 0.15) is 0 Å². The Morgan fingerprint density at radius 2 is 0.514 bits per heavy atom. The molecule has 0 aliphatic heterocycles. The summed E-state index contributed by atoms with van der Waals surface area (Å²) in [6.45, 7) is 37.3. The highest BCUT2D eigenvalue weighted by Gasteiger charge is 2.51. The molecule has 0 fully saturated rings. The summed E-state index contributed by atoms with van der Waals surface area (Å²) in [6.07, 6.45) is -3.12. The lowest BCUT2D eigenvalue weighted by Crippen LogP contribution is -2.41. The molecule has 0 saturated heterocycles. The quantitative estimate of drug-likeness (QED) is 0.126. The van der Waals surface area contributed by atoms with Crippen LogP contribution in [0.15, 0.2) is 9.03 Å². The summed E-state index contributed by atoms with van der Waals surface area (Å²) in [5, 5.41) is 0. The molecule has 0 unspecified atom stereocenters. The Labute approximate surface area is 241 Å². The number of nitrogens with zero attached hydrogens (tertiary/aromatic N) is 8. The van der Waals surface area contributed by atoms with Crippen LogP contribution in [0.25, 0.3) is 0 Å². The van der Waals surface area contributed by atoms with Gasteiger partial charge < -0.3 is 0 Å². The number of hydrogen-bond acceptors (Lipinski definition) is 2. The Balaban J connectivity index is 8.07. The van der Waals surface area contributed by atoms with E-state index in [9.17, 15) is 0 Å². The molecule has 0 rings (SSSR count). The third-order valence-corrected chi connectivity index (χ3v) is 21.1. The van der Waals surface area contributed by atoms with Gasteiger partial charge in [0.05, 0.1) is 0 Å². The second-order valence-corrected chi connectivity index (χ2v) is 19.8. The summed E-state index contributed by atoms with van der Waals surface area (Å²) in [4.78, 5) is 0. The summed E-state index contributed by atoms with van der Waals surface area (Å²) in [5.74, 6) is 0. The minimum atomic E-state index is -3.12. The van der Waals surface area contributed by atoms with Gasteiger partial charge in [-0.2, -0.15) is 0 Å². The van der Waals surface area contributed by atoms with E-state index >= 15 is 0 Å². The molecule has 0 aromatic carbocycles. The van der Waals surface area contributed by atoms with Crippen molar-refractivity contribution in [2.45, 2.75) is 83.1 Å². The second kappa shape index (κ2) is 18.6. The second-order valence-electron chi connectivity index (χ2n) is 8.54. The molecule has 0 N–H and O–H groups in total. The fraction of sp³-hybridized carbons (Fsp3) is 1.00. The van der Waals surface area contributed by atoms with Crippen LogP contribution < -0.4 is 0 Å². The van der Waals surface area contributed by atoms with E-state index in [2.05, 4.69) is 111 Å². The fourth-order valence-corrected chi connectivity index (χ4v) is 20.8. The fourth-order valence-electron chi connectivity index (χ4n) is 5.34. The first-order valence-electron chi connectivity index (χ1n) is 14.6. The van der Waals surface area contributed by atoms with Gasteiger partial charge in [0.25, 0.3) is 0 Å². The summed E-state index contributed by atoms with van der Waals surface area (Å²) in [6, 6.07) is 0. The van der Waals surface area contributed by atoms with Crippen LogP contribution in [-0.4, -0.2) is 107 Å². The van der Waals surface area contributed by atoms with E-state index < -0.39 is 21.3 Å². The molecule has 0 heterocycles. The van der Waals surface area contributed by atoms with Gasteiger partial charge >= 0.3 is 6.27 Å². The molecule has 0 radical (unpaired) electrons. The van der Waals surface area contributed by atoms with Gasteiger partial charge in [-0.05, 0) is 9.03 Å². The molecule has 224 valence electrons. The van der Waals surface area contributed by atoms with E-state index in [1.54, 1.807) is 0 Å². The minimum absolute atomic E-state index is 0.886. The largest absolute Gasteiger partial charge is 0.447 e. The standard InChI is InChI=1S/C24H60Cl2N8P3/c1-13-29(14-2)36(30(15-3)16-4,31(17-5)18-6)27-35(25,26)28-37(32(19-7)20-8,33(21-9)22-10)34(23-11)24-12/h13-24H2,1-12H3/q+1. The van der Waals surface area contributed by atoms with Crippen molar-refractivity contribution < 1.29 is 0 Å². The Hall–Kier alpha value is 1.23. The van der Waals surface area contributed by atoms with Gasteiger partial charge in [-0.15, -0.1) is 0 Å². The molecule has 0 aromatic rings. The van der Waals surface area contributed by atoms with Crippen molar-refractivity contribution in [1.29, 1.82) is 0 Å². The molecule has 0 saturated carbocycles. The molecule has 0 amide bonds. The van der Waals surface area contributed by atoms with Gasteiger partial charge in [0.2, 0.25) is 15.0 Å². The molecular formula is C24H60Cl2N8P3+. The van der Waals surface area contributed by atoms with Crippen LogP contribution in [0.5, 0.6) is 0 Å². The maximum Gasteiger partial charge on any atom is 0.447 e. The lowest BCUT2D eigenvalue weighted by Gasteiger charge is -2.48. The van der Waals surface area contributed by atoms with E-state index in [0.717, 1.165) is 78.5 Å². The highest BCUT2D eigenvalue weighted by Crippen LogP contribution is 2.84. The maximum atomic E-state index is 7.49. The van der Waals surface area contributed by atoms with Crippen LogP contribution in [0.4, 0.5) is 0 Å². The lowest BCUT2D eigenvalue weighted by molar-refractivity contribution is 0.340. The zero-order valence-corrected chi connectivity index (χ0v) is 30.4. The summed E-state index contributed by atoms with van der Waals surface area (Å²) in [7, 11) is -4.79. The Morgan fingerprint density at radius 1 is 0.378 bits per heavy atom. The lowest BCUT2D eigenvalue weighted by atomic mass is 10.7. The predicted octanol–water partition coefficient (Wildman–Crippen LogP) is 9.08. The van der Waals surface area contributed by atoms with Crippen molar-refractivity contribution in [2.24, 2.45) is 9.03 Å². The van der Waals surface area contributed by atoms with Crippen LogP contribution in [0, 0.1) is 0 Å². The molecule has 0 aliphatic rings. The molecule has 0 aliphatic carbocycles. The van der Waals surface area contributed by atoms with E-state index in [0.29, 0.717) is 0 Å². The normalized spacial score (nSPS) is 13.7. The van der Waals surface area contributed by atoms with E-state index in [4.69, 9.17) is 31.5 Å². The number of hydrogen-bond donors (Lipinski definition) is 0. The number of rotatable bonds is 20. The molecule has 37 heavy (non-hydrogen) atoms. The molecular weight excluding hydrogens is 564 g/mol. The summed E-state index contributed by atoms with van der Waals surface area (Å²) < 4.78 is 26.3. The topological polar surface area (TPSA) is 44.2 Å². The van der Waals surface area contributed by atoms with Crippen molar-refractivity contribution in [3.8, 4) is 0 Å². The maximum absolute atomic E-state index is 7.49. The molecule has 13 heteroatoms. The van der Waals surface area contributed by atoms with Crippen LogP contribution in [0.1, 0.15) is 83.1 Å². The van der Waals surface area contributed by atoms with Gasteiger partial charge in [0, 0.05) is 78.5 Å². The third-order valence-electron chi connectivity index (χ3n) is 7.11. The smallest absolute Gasteiger partial charge is 0.243 e. The summed E-state index contributed by atoms with van der Waals surface area (Å²) in [5.41, 5.74) is 0. The van der Waals surface area contributed by atoms with Crippen molar-refractivity contribution >= 4 is 43.8 Å². The van der Waals surface area contributed by atoms with E-state index in [1.807, 2.05) is 0 Å². The average molecular weight is 625 g/mol. The zero-order chi connectivity index (χ0) is 28.9. The first-order valence-corrected chi connectivity index (χ1v) is 21.3. The van der Waals surface area contributed by atoms with Crippen molar-refractivity contribution in [2.75, 3.05) is 78.5 Å². The minimum Gasteiger partial charge on any atom is -0.243 e. The molecule has 8 nitrogen and oxygen atoms in total. The van der Waals surface area contributed by atoms with E-state index in [1.165, 1.54) is 0 Å². The molecule has 0 bridgehead atoms. The van der Waals surface area contributed by atoms with E-state index in [-0.39, 0.29) is 0 Å². The third kappa shape index (κ3) is 8.62. The molecule has 0 spiro atoms. The molecule has 0 aromatic heterocycles. The van der Waals surface area contributed by atoms with Crippen molar-refractivity contribution in [3.05, 3.63) is 0 Å².